The maximum Gasteiger partial charge on any atom is 0.0277 e. The van der Waals surface area contributed by atoms with Gasteiger partial charge in [-0.15, -0.1) is 0 Å². The zero-order valence-electron chi connectivity index (χ0n) is 10.9. The van der Waals surface area contributed by atoms with Crippen molar-refractivity contribution in [3.63, 3.8) is 0 Å². The highest BCUT2D eigenvalue weighted by atomic mass is 127. The molecule has 0 atom stereocenters. The summed E-state index contributed by atoms with van der Waals surface area (Å²) in [6.07, 6.45) is 0. The van der Waals surface area contributed by atoms with Crippen molar-refractivity contribution in [3.8, 4) is 0 Å². The molecule has 0 amide bonds. The molecule has 1 aliphatic rings. The van der Waals surface area contributed by atoms with Crippen LogP contribution in [0.2, 0.25) is 0 Å². The molecule has 0 N–H and O–H groups in total. The zero-order chi connectivity index (χ0) is 12.5. The lowest BCUT2D eigenvalue weighted by Crippen LogP contribution is -2.57. The van der Waals surface area contributed by atoms with Gasteiger partial charge in [0, 0.05) is 35.3 Å². The topological polar surface area (TPSA) is 6.48 Å². The molecule has 94 valence electrons. The first-order chi connectivity index (χ1) is 7.97. The molecule has 0 radical (unpaired) electrons. The monoisotopic (exact) mass is 344 g/mol. The van der Waals surface area contributed by atoms with E-state index in [-0.39, 0.29) is 0 Å². The lowest BCUT2D eigenvalue weighted by Gasteiger charge is -2.45. The molecular formula is C14H21IN2. The predicted octanol–water partition coefficient (Wildman–Crippen LogP) is 2.82. The SMILES string of the molecule is CN1CCN(Cc2ccc(I)cc2)CC1(C)C. The van der Waals surface area contributed by atoms with E-state index in [1.807, 2.05) is 0 Å². The van der Waals surface area contributed by atoms with Crippen LogP contribution in [0.3, 0.4) is 0 Å². The first-order valence-electron chi connectivity index (χ1n) is 6.15. The van der Waals surface area contributed by atoms with Crippen LogP contribution in [-0.4, -0.2) is 42.0 Å². The number of piperazine rings is 1. The second-order valence-electron chi connectivity index (χ2n) is 5.57. The largest absolute Gasteiger partial charge is 0.299 e. The highest BCUT2D eigenvalue weighted by Gasteiger charge is 2.30. The van der Waals surface area contributed by atoms with Gasteiger partial charge in [-0.1, -0.05) is 12.1 Å². The van der Waals surface area contributed by atoms with Gasteiger partial charge in [0.05, 0.1) is 0 Å². The van der Waals surface area contributed by atoms with Crippen molar-refractivity contribution < 1.29 is 0 Å². The summed E-state index contributed by atoms with van der Waals surface area (Å²) >= 11 is 2.36. The van der Waals surface area contributed by atoms with E-state index in [9.17, 15) is 0 Å². The third-order valence-electron chi connectivity index (χ3n) is 3.71. The molecule has 0 saturated carbocycles. The standard InChI is InChI=1S/C14H21IN2/c1-14(2)11-17(9-8-16(14)3)10-12-4-6-13(15)7-5-12/h4-7H,8-11H2,1-3H3. The summed E-state index contributed by atoms with van der Waals surface area (Å²) in [7, 11) is 2.22. The van der Waals surface area contributed by atoms with Gasteiger partial charge in [-0.3, -0.25) is 9.80 Å². The summed E-state index contributed by atoms with van der Waals surface area (Å²) in [5.41, 5.74) is 1.72. The first-order valence-corrected chi connectivity index (χ1v) is 7.23. The van der Waals surface area contributed by atoms with Crippen molar-refractivity contribution in [1.29, 1.82) is 0 Å². The third-order valence-corrected chi connectivity index (χ3v) is 4.43. The molecule has 1 aromatic carbocycles. The number of nitrogens with zero attached hydrogens (tertiary/aromatic N) is 2. The minimum absolute atomic E-state index is 0.293. The predicted molar refractivity (Wildman–Crippen MR) is 81.1 cm³/mol. The summed E-state index contributed by atoms with van der Waals surface area (Å²) in [5, 5.41) is 0. The van der Waals surface area contributed by atoms with Gasteiger partial charge in [0.2, 0.25) is 0 Å². The van der Waals surface area contributed by atoms with E-state index < -0.39 is 0 Å². The van der Waals surface area contributed by atoms with E-state index in [2.05, 4.69) is 77.6 Å². The average Bonchev–Trinajstić information content (AvgIpc) is 2.26. The molecule has 0 bridgehead atoms. The number of likely N-dealkylation sites (N-methyl/N-ethyl adjacent to an activating group) is 1. The Bertz CT molecular complexity index is 372. The molecule has 1 heterocycles. The lowest BCUT2D eigenvalue weighted by atomic mass is 9.99. The summed E-state index contributed by atoms with van der Waals surface area (Å²) in [5.74, 6) is 0. The van der Waals surface area contributed by atoms with Crippen LogP contribution in [0.15, 0.2) is 24.3 Å². The highest BCUT2D eigenvalue weighted by Crippen LogP contribution is 2.20. The number of hydrogen-bond acceptors (Lipinski definition) is 2. The molecular weight excluding hydrogens is 323 g/mol. The summed E-state index contributed by atoms with van der Waals surface area (Å²) < 4.78 is 1.31. The Morgan fingerprint density at radius 1 is 1.18 bits per heavy atom. The van der Waals surface area contributed by atoms with Crippen LogP contribution in [0.1, 0.15) is 19.4 Å². The van der Waals surface area contributed by atoms with Crippen molar-refractivity contribution in [3.05, 3.63) is 33.4 Å². The molecule has 1 aromatic rings. The number of hydrogen-bond donors (Lipinski definition) is 0. The zero-order valence-corrected chi connectivity index (χ0v) is 13.1. The summed E-state index contributed by atoms with van der Waals surface area (Å²) in [4.78, 5) is 5.01. The molecule has 2 nitrogen and oxygen atoms in total. The summed E-state index contributed by atoms with van der Waals surface area (Å²) in [6.45, 7) is 9.22. The van der Waals surface area contributed by atoms with Gasteiger partial charge in [0.15, 0.2) is 0 Å². The van der Waals surface area contributed by atoms with Crippen LogP contribution < -0.4 is 0 Å². The van der Waals surface area contributed by atoms with E-state index >= 15 is 0 Å². The Morgan fingerprint density at radius 3 is 2.41 bits per heavy atom. The van der Waals surface area contributed by atoms with E-state index in [4.69, 9.17) is 0 Å². The van der Waals surface area contributed by atoms with Gasteiger partial charge >= 0.3 is 0 Å². The average molecular weight is 344 g/mol. The molecule has 0 spiro atoms. The van der Waals surface area contributed by atoms with Gasteiger partial charge in [-0.25, -0.2) is 0 Å². The van der Waals surface area contributed by atoms with Crippen molar-refractivity contribution in [1.82, 2.24) is 9.80 Å². The second-order valence-corrected chi connectivity index (χ2v) is 6.82. The number of benzene rings is 1. The molecule has 0 aliphatic carbocycles. The number of halogens is 1. The summed E-state index contributed by atoms with van der Waals surface area (Å²) in [6, 6.07) is 8.87. The molecule has 0 aromatic heterocycles. The third kappa shape index (κ3) is 3.42. The Labute approximate surface area is 118 Å². The lowest BCUT2D eigenvalue weighted by molar-refractivity contribution is 0.0360. The fourth-order valence-corrected chi connectivity index (χ4v) is 2.68. The maximum absolute atomic E-state index is 2.56. The van der Waals surface area contributed by atoms with E-state index in [0.717, 1.165) is 19.6 Å². The molecule has 17 heavy (non-hydrogen) atoms. The van der Waals surface area contributed by atoms with Crippen molar-refractivity contribution in [2.75, 3.05) is 26.7 Å². The normalized spacial score (nSPS) is 21.6. The Kier molecular flexibility index (Phi) is 4.10. The quantitative estimate of drug-likeness (QED) is 0.762. The van der Waals surface area contributed by atoms with Gasteiger partial charge in [-0.05, 0) is 61.2 Å². The molecule has 0 unspecified atom stereocenters. The molecule has 2 rings (SSSR count). The van der Waals surface area contributed by atoms with Gasteiger partial charge in [-0.2, -0.15) is 0 Å². The van der Waals surface area contributed by atoms with Crippen molar-refractivity contribution in [2.24, 2.45) is 0 Å². The van der Waals surface area contributed by atoms with Crippen LogP contribution in [0.25, 0.3) is 0 Å². The van der Waals surface area contributed by atoms with Crippen LogP contribution in [-0.2, 0) is 6.54 Å². The minimum atomic E-state index is 0.293. The van der Waals surface area contributed by atoms with Gasteiger partial charge < -0.3 is 0 Å². The van der Waals surface area contributed by atoms with Crippen LogP contribution >= 0.6 is 22.6 Å². The molecule has 1 aliphatic heterocycles. The molecule has 3 heteroatoms. The first kappa shape index (κ1) is 13.3. The minimum Gasteiger partial charge on any atom is -0.299 e. The van der Waals surface area contributed by atoms with Crippen LogP contribution in [0, 0.1) is 3.57 Å². The maximum atomic E-state index is 2.56. The van der Waals surface area contributed by atoms with Gasteiger partial charge in [0.25, 0.3) is 0 Å². The van der Waals surface area contributed by atoms with Crippen LogP contribution in [0.5, 0.6) is 0 Å². The fourth-order valence-electron chi connectivity index (χ4n) is 2.32. The second kappa shape index (κ2) is 5.24. The molecule has 1 fully saturated rings. The Hall–Kier alpha value is -0.130. The van der Waals surface area contributed by atoms with Crippen LogP contribution in [0.4, 0.5) is 0 Å². The Morgan fingerprint density at radius 2 is 1.82 bits per heavy atom. The number of rotatable bonds is 2. The van der Waals surface area contributed by atoms with Crippen molar-refractivity contribution >= 4 is 22.6 Å². The highest BCUT2D eigenvalue weighted by molar-refractivity contribution is 14.1. The smallest absolute Gasteiger partial charge is 0.0277 e. The Balaban J connectivity index is 1.98. The van der Waals surface area contributed by atoms with Crippen molar-refractivity contribution in [2.45, 2.75) is 25.9 Å². The van der Waals surface area contributed by atoms with E-state index in [1.165, 1.54) is 15.7 Å². The molecule has 1 saturated heterocycles. The van der Waals surface area contributed by atoms with E-state index in [0.29, 0.717) is 5.54 Å². The van der Waals surface area contributed by atoms with Gasteiger partial charge in [0.1, 0.15) is 0 Å². The van der Waals surface area contributed by atoms with E-state index in [1.54, 1.807) is 0 Å². The fraction of sp³-hybridized carbons (Fsp3) is 0.571.